The first-order valence-corrected chi connectivity index (χ1v) is 6.71. The van der Waals surface area contributed by atoms with Gasteiger partial charge in [-0.05, 0) is 12.2 Å². The van der Waals surface area contributed by atoms with E-state index in [0.29, 0.717) is 17.1 Å². The van der Waals surface area contributed by atoms with Crippen molar-refractivity contribution in [1.29, 1.82) is 0 Å². The molecule has 0 radical (unpaired) electrons. The number of carboxylic acids is 1. The topological polar surface area (TPSA) is 83.9 Å². The van der Waals surface area contributed by atoms with E-state index in [-0.39, 0.29) is 24.3 Å². The van der Waals surface area contributed by atoms with Gasteiger partial charge in [0.05, 0.1) is 6.04 Å². The average molecular weight is 283 g/mol. The van der Waals surface area contributed by atoms with Gasteiger partial charge in [-0.2, -0.15) is 0 Å². The van der Waals surface area contributed by atoms with Crippen LogP contribution < -0.4 is 0 Å². The number of rotatable bonds is 4. The van der Waals surface area contributed by atoms with Crippen LogP contribution in [0.4, 0.5) is 0 Å². The molecular weight excluding hydrogens is 270 g/mol. The second-order valence-electron chi connectivity index (χ2n) is 4.16. The summed E-state index contributed by atoms with van der Waals surface area (Å²) in [6.07, 6.45) is 3.56. The maximum absolute atomic E-state index is 11.5. The van der Waals surface area contributed by atoms with E-state index < -0.39 is 11.9 Å². The molecule has 0 aliphatic carbocycles. The Hall–Kier alpha value is -1.76. The van der Waals surface area contributed by atoms with Crippen LogP contribution in [-0.2, 0) is 19.1 Å². The van der Waals surface area contributed by atoms with Gasteiger partial charge < -0.3 is 14.7 Å². The fourth-order valence-electron chi connectivity index (χ4n) is 1.95. The predicted molar refractivity (Wildman–Crippen MR) is 68.1 cm³/mol. The smallest absolute Gasteiger partial charge is 0.353 e. The van der Waals surface area contributed by atoms with Gasteiger partial charge in [0.1, 0.15) is 12.3 Å². The van der Waals surface area contributed by atoms with Crippen LogP contribution in [-0.4, -0.2) is 46.3 Å². The normalized spacial score (nSPS) is 22.3. The molecule has 0 spiro atoms. The van der Waals surface area contributed by atoms with E-state index >= 15 is 0 Å². The van der Waals surface area contributed by atoms with Crippen molar-refractivity contribution >= 4 is 29.6 Å². The van der Waals surface area contributed by atoms with Gasteiger partial charge in [0.2, 0.25) is 5.91 Å². The van der Waals surface area contributed by atoms with Crippen LogP contribution in [0.3, 0.4) is 0 Å². The molecule has 0 aromatic carbocycles. The first-order valence-electron chi connectivity index (χ1n) is 5.73. The van der Waals surface area contributed by atoms with Crippen molar-refractivity contribution in [3.63, 3.8) is 0 Å². The van der Waals surface area contributed by atoms with E-state index in [4.69, 9.17) is 4.74 Å². The highest BCUT2D eigenvalue weighted by atomic mass is 32.2. The van der Waals surface area contributed by atoms with E-state index in [1.165, 1.54) is 23.6 Å². The average Bonchev–Trinajstić information content (AvgIpc) is 2.33. The number of carbonyl (C=O) groups is 3. The molecule has 1 unspecified atom stereocenters. The Balaban J connectivity index is 2.15. The van der Waals surface area contributed by atoms with Gasteiger partial charge >= 0.3 is 11.9 Å². The molecule has 19 heavy (non-hydrogen) atoms. The monoisotopic (exact) mass is 283 g/mol. The van der Waals surface area contributed by atoms with Gasteiger partial charge in [0.25, 0.3) is 0 Å². The number of carbonyl (C=O) groups excluding carboxylic acids is 2. The van der Waals surface area contributed by atoms with Crippen molar-refractivity contribution in [2.75, 3.05) is 12.4 Å². The minimum atomic E-state index is -1.11. The lowest BCUT2D eigenvalue weighted by Gasteiger charge is -2.43. The van der Waals surface area contributed by atoms with E-state index in [9.17, 15) is 19.5 Å². The Morgan fingerprint density at radius 2 is 2.32 bits per heavy atom. The molecule has 1 saturated heterocycles. The summed E-state index contributed by atoms with van der Waals surface area (Å²) in [7, 11) is 0. The minimum Gasteiger partial charge on any atom is -0.477 e. The SMILES string of the molecule is CC(=O)OC/C=C/C1=C(C(=O)O)N2C(=O)CC2CS1. The van der Waals surface area contributed by atoms with E-state index in [1.54, 1.807) is 12.2 Å². The number of β-lactam (4-membered cyclic amide) rings is 1. The molecule has 1 N–H and O–H groups in total. The number of hydrogen-bond acceptors (Lipinski definition) is 5. The molecule has 2 aliphatic rings. The van der Waals surface area contributed by atoms with Crippen molar-refractivity contribution in [3.8, 4) is 0 Å². The number of allylic oxidation sites excluding steroid dienone is 1. The summed E-state index contributed by atoms with van der Waals surface area (Å²) in [5, 5.41) is 9.21. The zero-order valence-electron chi connectivity index (χ0n) is 10.3. The number of ether oxygens (including phenoxy) is 1. The Bertz CT molecular complexity index is 496. The highest BCUT2D eigenvalue weighted by Crippen LogP contribution is 2.39. The third-order valence-corrected chi connectivity index (χ3v) is 4.00. The van der Waals surface area contributed by atoms with E-state index in [0.717, 1.165) is 0 Å². The number of carboxylic acid groups (broad SMARTS) is 1. The summed E-state index contributed by atoms with van der Waals surface area (Å²) in [4.78, 5) is 35.2. The summed E-state index contributed by atoms with van der Waals surface area (Å²) < 4.78 is 4.73. The molecule has 0 aromatic heterocycles. The summed E-state index contributed by atoms with van der Waals surface area (Å²) in [6.45, 7) is 1.39. The molecule has 6 nitrogen and oxygen atoms in total. The van der Waals surface area contributed by atoms with Gasteiger partial charge in [0.15, 0.2) is 0 Å². The predicted octanol–water partition coefficient (Wildman–Crippen LogP) is 0.750. The summed E-state index contributed by atoms with van der Waals surface area (Å²) in [5.41, 5.74) is 0.0246. The number of aliphatic carboxylic acids is 1. The standard InChI is InChI=1S/C12H13NO5S/c1-7(14)18-4-2-3-9-11(12(16)17)13-8(6-19-9)5-10(13)15/h2-3,8H,4-6H2,1H3,(H,16,17)/b3-2+. The summed E-state index contributed by atoms with van der Waals surface area (Å²) >= 11 is 1.40. The number of fused-ring (bicyclic) bond motifs is 1. The molecule has 1 fully saturated rings. The highest BCUT2D eigenvalue weighted by Gasteiger charge is 2.44. The fraction of sp³-hybridized carbons (Fsp3) is 0.417. The Kier molecular flexibility index (Phi) is 3.94. The lowest BCUT2D eigenvalue weighted by atomic mass is 10.0. The van der Waals surface area contributed by atoms with Crippen LogP contribution in [0.1, 0.15) is 13.3 Å². The zero-order valence-corrected chi connectivity index (χ0v) is 11.1. The molecule has 7 heteroatoms. The van der Waals surface area contributed by atoms with Gasteiger partial charge in [-0.1, -0.05) is 0 Å². The summed E-state index contributed by atoms with van der Waals surface area (Å²) in [6, 6.07) is -0.00535. The third kappa shape index (κ3) is 2.81. The Labute approximate surface area is 114 Å². The first-order chi connectivity index (χ1) is 9.00. The lowest BCUT2D eigenvalue weighted by molar-refractivity contribution is -0.148. The molecule has 102 valence electrons. The zero-order chi connectivity index (χ0) is 14.0. The molecule has 2 heterocycles. The van der Waals surface area contributed by atoms with Crippen LogP contribution >= 0.6 is 11.8 Å². The molecule has 0 bridgehead atoms. The van der Waals surface area contributed by atoms with Crippen molar-refractivity contribution in [1.82, 2.24) is 4.90 Å². The van der Waals surface area contributed by atoms with Gasteiger partial charge in [-0.15, -0.1) is 11.8 Å². The largest absolute Gasteiger partial charge is 0.477 e. The Morgan fingerprint density at radius 3 is 2.89 bits per heavy atom. The molecule has 0 saturated carbocycles. The Morgan fingerprint density at radius 1 is 1.58 bits per heavy atom. The van der Waals surface area contributed by atoms with Gasteiger partial charge in [-0.25, -0.2) is 4.79 Å². The number of thioether (sulfide) groups is 1. The molecule has 1 atom stereocenters. The lowest BCUT2D eigenvalue weighted by Crippen LogP contribution is -2.56. The number of esters is 1. The fourth-order valence-corrected chi connectivity index (χ4v) is 3.11. The molecule has 2 aliphatic heterocycles. The van der Waals surface area contributed by atoms with Crippen molar-refractivity contribution in [2.24, 2.45) is 0 Å². The van der Waals surface area contributed by atoms with E-state index in [2.05, 4.69) is 0 Å². The number of nitrogens with zero attached hydrogens (tertiary/aromatic N) is 1. The molecule has 0 aromatic rings. The summed E-state index contributed by atoms with van der Waals surface area (Å²) in [5.74, 6) is -0.979. The van der Waals surface area contributed by atoms with Crippen LogP contribution in [0.2, 0.25) is 0 Å². The van der Waals surface area contributed by atoms with Crippen molar-refractivity contribution < 1.29 is 24.2 Å². The maximum atomic E-state index is 11.5. The van der Waals surface area contributed by atoms with Crippen molar-refractivity contribution in [3.05, 3.63) is 22.8 Å². The molecular formula is C12H13NO5S. The minimum absolute atomic E-state index is 0.00535. The van der Waals surface area contributed by atoms with Gasteiger partial charge in [0, 0.05) is 24.0 Å². The van der Waals surface area contributed by atoms with E-state index in [1.807, 2.05) is 0 Å². The molecule has 2 rings (SSSR count). The number of hydrogen-bond donors (Lipinski definition) is 1. The first kappa shape index (κ1) is 13.7. The van der Waals surface area contributed by atoms with Crippen LogP contribution in [0.25, 0.3) is 0 Å². The van der Waals surface area contributed by atoms with Crippen LogP contribution in [0, 0.1) is 0 Å². The van der Waals surface area contributed by atoms with Gasteiger partial charge in [-0.3, -0.25) is 9.59 Å². The number of amides is 1. The highest BCUT2D eigenvalue weighted by molar-refractivity contribution is 8.03. The molecule has 1 amide bonds. The second kappa shape index (κ2) is 5.48. The second-order valence-corrected chi connectivity index (χ2v) is 5.22. The quantitative estimate of drug-likeness (QED) is 0.605. The maximum Gasteiger partial charge on any atom is 0.353 e. The van der Waals surface area contributed by atoms with Crippen molar-refractivity contribution in [2.45, 2.75) is 19.4 Å². The third-order valence-electron chi connectivity index (χ3n) is 2.80. The van der Waals surface area contributed by atoms with Crippen LogP contribution in [0.15, 0.2) is 22.8 Å². The van der Waals surface area contributed by atoms with Crippen LogP contribution in [0.5, 0.6) is 0 Å².